The van der Waals surface area contributed by atoms with Gasteiger partial charge in [-0.05, 0) is 77.8 Å². The molecule has 0 unspecified atom stereocenters. The molecule has 0 atom stereocenters. The quantitative estimate of drug-likeness (QED) is 0.0322. The van der Waals surface area contributed by atoms with Crippen LogP contribution in [0, 0.1) is 11.3 Å². The Labute approximate surface area is 401 Å². The molecule has 386 valence electrons. The summed E-state index contributed by atoms with van der Waals surface area (Å²) in [6, 6.07) is 0.321. The van der Waals surface area contributed by atoms with Gasteiger partial charge in [-0.15, -0.1) is 0 Å². The third-order valence-electron chi connectivity index (χ3n) is 12.1. The normalized spacial score (nSPS) is 11.5. The molecule has 0 aliphatic carbocycles. The second-order valence-electron chi connectivity index (χ2n) is 18.7. The maximum Gasteiger partial charge on any atom is 0.306 e. The number of hydrogen-bond donors (Lipinski definition) is 0. The van der Waals surface area contributed by atoms with E-state index in [1.807, 2.05) is 0 Å². The zero-order valence-electron chi connectivity index (χ0n) is 43.2. The summed E-state index contributed by atoms with van der Waals surface area (Å²) in [6.07, 6.45) is 22.4. The van der Waals surface area contributed by atoms with E-state index in [1.54, 1.807) is 0 Å². The highest BCUT2D eigenvalue weighted by molar-refractivity contribution is 5.73. The number of rotatable bonds is 46. The predicted octanol–water partition coefficient (Wildman–Crippen LogP) is 12.0. The van der Waals surface area contributed by atoms with Crippen molar-refractivity contribution in [2.45, 2.75) is 241 Å². The first-order valence-corrected chi connectivity index (χ1v) is 26.5. The van der Waals surface area contributed by atoms with Crippen LogP contribution in [0.5, 0.6) is 0 Å². The van der Waals surface area contributed by atoms with E-state index in [-0.39, 0.29) is 95.7 Å². The van der Waals surface area contributed by atoms with Crippen LogP contribution in [0.25, 0.3) is 0 Å². The highest BCUT2D eigenvalue weighted by Gasteiger charge is 2.38. The van der Waals surface area contributed by atoms with Crippen LogP contribution < -0.4 is 0 Å². The van der Waals surface area contributed by atoms with E-state index in [0.717, 1.165) is 96.4 Å². The van der Waals surface area contributed by atoms with E-state index < -0.39 is 29.3 Å². The number of esters is 6. The van der Waals surface area contributed by atoms with Crippen molar-refractivity contribution in [1.29, 1.82) is 0 Å². The topological polar surface area (TPSA) is 161 Å². The average molecular weight is 940 g/mol. The van der Waals surface area contributed by atoms with Crippen molar-refractivity contribution >= 4 is 35.8 Å². The minimum absolute atomic E-state index is 0.0550. The molecule has 0 aliphatic rings. The molecule has 0 heterocycles. The average Bonchev–Trinajstić information content (AvgIpc) is 3.29. The van der Waals surface area contributed by atoms with Crippen LogP contribution in [0.1, 0.15) is 235 Å². The zero-order valence-corrected chi connectivity index (χ0v) is 43.2. The molecule has 0 rings (SSSR count). The zero-order chi connectivity index (χ0) is 49.1. The largest absolute Gasteiger partial charge is 0.466 e. The molecule has 0 N–H and O–H groups in total. The number of nitrogens with zero attached hydrogens (tertiary/aromatic N) is 1. The molecule has 0 saturated heterocycles. The van der Waals surface area contributed by atoms with E-state index in [9.17, 15) is 28.8 Å². The number of ether oxygens (including phenoxy) is 6. The fourth-order valence-electron chi connectivity index (χ4n) is 7.65. The number of carbonyl (C=O) groups is 6. The maximum absolute atomic E-state index is 13.5. The summed E-state index contributed by atoms with van der Waals surface area (Å²) < 4.78 is 34.0. The van der Waals surface area contributed by atoms with Gasteiger partial charge in [0.05, 0.1) is 13.2 Å². The summed E-state index contributed by atoms with van der Waals surface area (Å²) in [7, 11) is 0. The van der Waals surface area contributed by atoms with Crippen molar-refractivity contribution in [3.8, 4) is 0 Å². The summed E-state index contributed by atoms with van der Waals surface area (Å²) in [6.45, 7) is 15.7. The number of hydrogen-bond acceptors (Lipinski definition) is 13. The number of unbranched alkanes of at least 4 members (excludes halogenated alkanes) is 14. The Hall–Kier alpha value is -3.22. The summed E-state index contributed by atoms with van der Waals surface area (Å²) in [4.78, 5) is 80.1. The Morgan fingerprint density at radius 2 is 0.727 bits per heavy atom. The van der Waals surface area contributed by atoms with E-state index in [1.165, 1.54) is 38.5 Å². The van der Waals surface area contributed by atoms with Gasteiger partial charge < -0.3 is 33.3 Å². The molecule has 0 amide bonds. The minimum Gasteiger partial charge on any atom is -0.466 e. The van der Waals surface area contributed by atoms with Crippen molar-refractivity contribution in [3.63, 3.8) is 0 Å². The minimum atomic E-state index is -1.42. The molecule has 0 radical (unpaired) electrons. The van der Waals surface area contributed by atoms with Crippen LogP contribution >= 0.6 is 0 Å². The molecule has 0 saturated carbocycles. The van der Waals surface area contributed by atoms with Gasteiger partial charge in [-0.1, -0.05) is 137 Å². The van der Waals surface area contributed by atoms with Gasteiger partial charge in [0.25, 0.3) is 0 Å². The molecule has 0 aliphatic heterocycles. The lowest BCUT2D eigenvalue weighted by Crippen LogP contribution is -2.44. The van der Waals surface area contributed by atoms with Gasteiger partial charge >= 0.3 is 35.8 Å². The molecule has 0 aromatic carbocycles. The Kier molecular flexibility index (Phi) is 41.0. The molecule has 0 aromatic heterocycles. The highest BCUT2D eigenvalue weighted by Crippen LogP contribution is 2.26. The van der Waals surface area contributed by atoms with Crippen molar-refractivity contribution in [1.82, 2.24) is 4.90 Å². The Bertz CT molecular complexity index is 1190. The van der Waals surface area contributed by atoms with E-state index in [0.29, 0.717) is 32.2 Å². The second-order valence-corrected chi connectivity index (χ2v) is 18.7. The van der Waals surface area contributed by atoms with Crippen LogP contribution in [-0.2, 0) is 57.2 Å². The molecule has 66 heavy (non-hydrogen) atoms. The fourth-order valence-corrected chi connectivity index (χ4v) is 7.65. The molecular formula is C53H97NO12. The highest BCUT2D eigenvalue weighted by atomic mass is 16.6. The standard InChI is InChI=1S/C53H97NO12/c1-8-13-17-19-21-25-38-61-47(55)32-27-34-49(57)63-41-53(43-65-51(59)36-29-37-54(12-5)45(6)7,44-66-52(60)40-46(30-23-15-10-3)31-24-16-11-4)42-64-50(58)35-28-33-48(56)62-39-26-22-20-18-14-9-2/h45-46H,8-44H2,1-7H3. The lowest BCUT2D eigenvalue weighted by Gasteiger charge is -2.32. The summed E-state index contributed by atoms with van der Waals surface area (Å²) in [5, 5.41) is 0. The first-order valence-electron chi connectivity index (χ1n) is 26.5. The van der Waals surface area contributed by atoms with Gasteiger partial charge in [-0.3, -0.25) is 28.8 Å². The first kappa shape index (κ1) is 62.8. The van der Waals surface area contributed by atoms with Crippen molar-refractivity contribution in [3.05, 3.63) is 0 Å². The summed E-state index contributed by atoms with van der Waals surface area (Å²) >= 11 is 0. The molecule has 0 fully saturated rings. The Morgan fingerprint density at radius 3 is 1.11 bits per heavy atom. The molecular weight excluding hydrogens is 843 g/mol. The van der Waals surface area contributed by atoms with Gasteiger partial charge in [0.1, 0.15) is 31.8 Å². The van der Waals surface area contributed by atoms with Gasteiger partial charge in [0, 0.05) is 44.6 Å². The molecule has 0 aromatic rings. The Morgan fingerprint density at radius 1 is 0.394 bits per heavy atom. The van der Waals surface area contributed by atoms with Crippen LogP contribution in [-0.4, -0.2) is 99.5 Å². The van der Waals surface area contributed by atoms with E-state index in [4.69, 9.17) is 28.4 Å². The van der Waals surface area contributed by atoms with Gasteiger partial charge in [0.2, 0.25) is 0 Å². The monoisotopic (exact) mass is 940 g/mol. The van der Waals surface area contributed by atoms with Crippen LogP contribution in [0.2, 0.25) is 0 Å². The Balaban J connectivity index is 5.96. The number of carbonyl (C=O) groups excluding carboxylic acids is 6. The molecule has 13 heteroatoms. The third kappa shape index (κ3) is 36.8. The van der Waals surface area contributed by atoms with Crippen LogP contribution in [0.15, 0.2) is 0 Å². The van der Waals surface area contributed by atoms with E-state index >= 15 is 0 Å². The first-order chi connectivity index (χ1) is 31.8. The van der Waals surface area contributed by atoms with Crippen molar-refractivity contribution in [2.75, 3.05) is 52.7 Å². The lowest BCUT2D eigenvalue weighted by molar-refractivity contribution is -0.171. The predicted molar refractivity (Wildman–Crippen MR) is 261 cm³/mol. The maximum atomic E-state index is 13.5. The smallest absolute Gasteiger partial charge is 0.306 e. The van der Waals surface area contributed by atoms with Crippen LogP contribution in [0.4, 0.5) is 0 Å². The van der Waals surface area contributed by atoms with Crippen molar-refractivity contribution < 1.29 is 57.2 Å². The van der Waals surface area contributed by atoms with Gasteiger partial charge in [-0.25, -0.2) is 0 Å². The SMILES string of the molecule is CCCCCCCCOC(=O)CCCC(=O)OCC(COC(=O)CCCC(=O)OCCCCCCCC)(COC(=O)CCCN(CC)C(C)C)COC(=O)CC(CCCCC)CCCCC. The lowest BCUT2D eigenvalue weighted by atomic mass is 9.91. The second kappa shape index (κ2) is 43.1. The van der Waals surface area contributed by atoms with Gasteiger partial charge in [-0.2, -0.15) is 0 Å². The van der Waals surface area contributed by atoms with E-state index in [2.05, 4.69) is 53.4 Å². The third-order valence-corrected chi connectivity index (χ3v) is 12.1. The molecule has 13 nitrogen and oxygen atoms in total. The molecule has 0 spiro atoms. The van der Waals surface area contributed by atoms with Crippen LogP contribution in [0.3, 0.4) is 0 Å². The van der Waals surface area contributed by atoms with Crippen molar-refractivity contribution in [2.24, 2.45) is 11.3 Å². The summed E-state index contributed by atoms with van der Waals surface area (Å²) in [5.41, 5.74) is -1.42. The van der Waals surface area contributed by atoms with Gasteiger partial charge in [0.15, 0.2) is 0 Å². The molecule has 0 bridgehead atoms. The summed E-state index contributed by atoms with van der Waals surface area (Å²) in [5.74, 6) is -2.70. The fraction of sp³-hybridized carbons (Fsp3) is 0.887.